The van der Waals surface area contributed by atoms with Gasteiger partial charge in [-0.1, -0.05) is 0 Å². The summed E-state index contributed by atoms with van der Waals surface area (Å²) in [4.78, 5) is 3.12. The van der Waals surface area contributed by atoms with E-state index in [-0.39, 0.29) is 0 Å². The molecular formula is C11H14N2OS. The summed E-state index contributed by atoms with van der Waals surface area (Å²) in [5, 5.41) is 0. The number of hydrogen-bond acceptors (Lipinski definition) is 2. The average Bonchev–Trinajstić information content (AvgIpc) is 2.75. The van der Waals surface area contributed by atoms with Gasteiger partial charge in [-0.3, -0.25) is 0 Å². The summed E-state index contributed by atoms with van der Waals surface area (Å²) in [5.74, 6) is 0.989. The molecule has 1 N–H and O–H groups in total. The minimum Gasteiger partial charge on any atom is -0.469 e. The molecule has 0 aliphatic rings. The maximum absolute atomic E-state index is 5.31. The van der Waals surface area contributed by atoms with E-state index >= 15 is 0 Å². The number of nitrogens with zero attached hydrogens (tertiary/aromatic N) is 1. The van der Waals surface area contributed by atoms with Crippen molar-refractivity contribution in [2.45, 2.75) is 26.3 Å². The van der Waals surface area contributed by atoms with Gasteiger partial charge in [0.05, 0.1) is 6.26 Å². The van der Waals surface area contributed by atoms with Gasteiger partial charge in [-0.25, -0.2) is 0 Å². The summed E-state index contributed by atoms with van der Waals surface area (Å²) < 4.78 is 8.15. The van der Waals surface area contributed by atoms with Gasteiger partial charge in [-0.15, -0.1) is 0 Å². The van der Waals surface area contributed by atoms with E-state index in [0.717, 1.165) is 22.6 Å². The first-order valence-electron chi connectivity index (χ1n) is 4.97. The van der Waals surface area contributed by atoms with Crippen molar-refractivity contribution >= 4 is 12.2 Å². The molecule has 4 heteroatoms. The second-order valence-electron chi connectivity index (χ2n) is 3.78. The molecule has 2 aromatic rings. The van der Waals surface area contributed by atoms with Crippen LogP contribution in [0.1, 0.15) is 24.4 Å². The van der Waals surface area contributed by atoms with Gasteiger partial charge in [0, 0.05) is 24.4 Å². The maximum Gasteiger partial charge on any atom is 0.177 e. The summed E-state index contributed by atoms with van der Waals surface area (Å²) in [6.45, 7) is 4.14. The summed E-state index contributed by atoms with van der Waals surface area (Å²) in [6, 6.07) is 4.21. The first-order valence-corrected chi connectivity index (χ1v) is 5.38. The molecule has 80 valence electrons. The van der Waals surface area contributed by atoms with Crippen LogP contribution in [0.15, 0.2) is 29.0 Å². The predicted molar refractivity (Wildman–Crippen MR) is 61.5 cm³/mol. The normalized spacial score (nSPS) is 12.9. The Labute approximate surface area is 93.7 Å². The fourth-order valence-electron chi connectivity index (χ4n) is 1.68. The van der Waals surface area contributed by atoms with Crippen molar-refractivity contribution in [3.05, 3.63) is 40.8 Å². The molecule has 0 saturated heterocycles. The van der Waals surface area contributed by atoms with E-state index in [4.69, 9.17) is 16.6 Å². The SMILES string of the molecule is Cc1cn(C(C)Cc2ccco2)c(=S)[nH]1. The summed E-state index contributed by atoms with van der Waals surface area (Å²) in [7, 11) is 0. The van der Waals surface area contributed by atoms with Gasteiger partial charge in [0.25, 0.3) is 0 Å². The Morgan fingerprint density at radius 1 is 1.60 bits per heavy atom. The highest BCUT2D eigenvalue weighted by molar-refractivity contribution is 7.71. The number of rotatable bonds is 3. The molecule has 0 spiro atoms. The van der Waals surface area contributed by atoms with Gasteiger partial charge < -0.3 is 14.0 Å². The molecule has 0 amide bonds. The second-order valence-corrected chi connectivity index (χ2v) is 4.17. The Morgan fingerprint density at radius 2 is 2.40 bits per heavy atom. The van der Waals surface area contributed by atoms with Crippen molar-refractivity contribution < 1.29 is 4.42 Å². The lowest BCUT2D eigenvalue weighted by Gasteiger charge is -2.10. The van der Waals surface area contributed by atoms with Crippen molar-refractivity contribution in [3.63, 3.8) is 0 Å². The minimum atomic E-state index is 0.314. The van der Waals surface area contributed by atoms with Crippen molar-refractivity contribution in [3.8, 4) is 0 Å². The standard InChI is InChI=1S/C11H14N2OS/c1-8-7-13(11(15)12-8)9(2)6-10-4-3-5-14-10/h3-5,7,9H,6H2,1-2H3,(H,12,15). The van der Waals surface area contributed by atoms with Gasteiger partial charge in [-0.2, -0.15) is 0 Å². The van der Waals surface area contributed by atoms with Crippen LogP contribution in [-0.4, -0.2) is 9.55 Å². The lowest BCUT2D eigenvalue weighted by atomic mass is 10.2. The Morgan fingerprint density at radius 3 is 2.93 bits per heavy atom. The number of aromatic amines is 1. The largest absolute Gasteiger partial charge is 0.469 e. The highest BCUT2D eigenvalue weighted by Gasteiger charge is 2.09. The zero-order chi connectivity index (χ0) is 10.8. The average molecular weight is 222 g/mol. The minimum absolute atomic E-state index is 0.314. The lowest BCUT2D eigenvalue weighted by molar-refractivity contribution is 0.446. The van der Waals surface area contributed by atoms with Crippen molar-refractivity contribution in [1.29, 1.82) is 0 Å². The molecule has 1 atom stereocenters. The van der Waals surface area contributed by atoms with E-state index in [1.165, 1.54) is 0 Å². The zero-order valence-corrected chi connectivity index (χ0v) is 9.67. The third kappa shape index (κ3) is 2.21. The molecule has 0 aliphatic heterocycles. The van der Waals surface area contributed by atoms with Gasteiger partial charge in [0.15, 0.2) is 4.77 Å². The Kier molecular flexibility index (Phi) is 2.77. The summed E-state index contributed by atoms with van der Waals surface area (Å²) in [6.07, 6.45) is 4.60. The molecule has 2 heterocycles. The molecule has 1 unspecified atom stereocenters. The fraction of sp³-hybridized carbons (Fsp3) is 0.364. The fourth-order valence-corrected chi connectivity index (χ4v) is 2.07. The van der Waals surface area contributed by atoms with E-state index < -0.39 is 0 Å². The molecule has 0 radical (unpaired) electrons. The Hall–Kier alpha value is -1.29. The highest BCUT2D eigenvalue weighted by atomic mass is 32.1. The van der Waals surface area contributed by atoms with Crippen molar-refractivity contribution in [2.24, 2.45) is 0 Å². The molecule has 0 aromatic carbocycles. The molecule has 15 heavy (non-hydrogen) atoms. The number of H-pyrrole nitrogens is 1. The number of aromatic nitrogens is 2. The highest BCUT2D eigenvalue weighted by Crippen LogP contribution is 2.15. The van der Waals surface area contributed by atoms with Gasteiger partial charge in [0.1, 0.15) is 5.76 Å². The van der Waals surface area contributed by atoms with Crippen LogP contribution in [0.25, 0.3) is 0 Å². The Bertz CT molecular complexity index is 481. The van der Waals surface area contributed by atoms with E-state index in [1.54, 1.807) is 6.26 Å². The van der Waals surface area contributed by atoms with Crippen molar-refractivity contribution in [1.82, 2.24) is 9.55 Å². The summed E-state index contributed by atoms with van der Waals surface area (Å²) >= 11 is 5.22. The zero-order valence-electron chi connectivity index (χ0n) is 8.86. The van der Waals surface area contributed by atoms with Crippen LogP contribution in [-0.2, 0) is 6.42 Å². The number of imidazole rings is 1. The molecule has 0 bridgehead atoms. The van der Waals surface area contributed by atoms with E-state index in [1.807, 2.05) is 25.3 Å². The topological polar surface area (TPSA) is 33.9 Å². The third-order valence-corrected chi connectivity index (χ3v) is 2.74. The van der Waals surface area contributed by atoms with Crippen LogP contribution < -0.4 is 0 Å². The summed E-state index contributed by atoms with van der Waals surface area (Å²) in [5.41, 5.74) is 1.09. The quantitative estimate of drug-likeness (QED) is 0.809. The molecule has 0 aliphatic carbocycles. The number of aryl methyl sites for hydroxylation is 1. The van der Waals surface area contributed by atoms with Gasteiger partial charge in [0.2, 0.25) is 0 Å². The van der Waals surface area contributed by atoms with Crippen LogP contribution in [0.3, 0.4) is 0 Å². The van der Waals surface area contributed by atoms with Crippen LogP contribution in [0, 0.1) is 11.7 Å². The lowest BCUT2D eigenvalue weighted by Crippen LogP contribution is -2.06. The van der Waals surface area contributed by atoms with Gasteiger partial charge in [-0.05, 0) is 38.2 Å². The van der Waals surface area contributed by atoms with E-state index in [2.05, 4.69) is 16.5 Å². The monoisotopic (exact) mass is 222 g/mol. The molecule has 2 aromatic heterocycles. The van der Waals surface area contributed by atoms with Crippen LogP contribution >= 0.6 is 12.2 Å². The van der Waals surface area contributed by atoms with Crippen LogP contribution in [0.2, 0.25) is 0 Å². The Balaban J connectivity index is 2.18. The third-order valence-electron chi connectivity index (χ3n) is 2.42. The first kappa shape index (κ1) is 10.2. The molecule has 0 saturated carbocycles. The van der Waals surface area contributed by atoms with Gasteiger partial charge >= 0.3 is 0 Å². The van der Waals surface area contributed by atoms with Crippen LogP contribution in [0.5, 0.6) is 0 Å². The predicted octanol–water partition coefficient (Wildman–Crippen LogP) is 3.25. The molecular weight excluding hydrogens is 208 g/mol. The number of furan rings is 1. The first-order chi connectivity index (χ1) is 7.16. The van der Waals surface area contributed by atoms with E-state index in [0.29, 0.717) is 6.04 Å². The van der Waals surface area contributed by atoms with Crippen LogP contribution in [0.4, 0.5) is 0 Å². The maximum atomic E-state index is 5.31. The molecule has 0 fully saturated rings. The number of nitrogens with one attached hydrogen (secondary N) is 1. The smallest absolute Gasteiger partial charge is 0.177 e. The molecule has 3 nitrogen and oxygen atoms in total. The second kappa shape index (κ2) is 4.06. The van der Waals surface area contributed by atoms with E-state index in [9.17, 15) is 0 Å². The number of hydrogen-bond donors (Lipinski definition) is 1. The molecule has 2 rings (SSSR count). The van der Waals surface area contributed by atoms with Crippen molar-refractivity contribution in [2.75, 3.05) is 0 Å².